The molecule has 0 radical (unpaired) electrons. The van der Waals surface area contributed by atoms with Crippen LogP contribution in [0.4, 0.5) is 4.39 Å². The molecule has 33 heavy (non-hydrogen) atoms. The summed E-state index contributed by atoms with van der Waals surface area (Å²) in [6.07, 6.45) is 3.15. The molecule has 0 atom stereocenters. The van der Waals surface area contributed by atoms with Gasteiger partial charge in [-0.05, 0) is 49.2 Å². The lowest BCUT2D eigenvalue weighted by Gasteiger charge is -2.32. The Morgan fingerprint density at radius 3 is 2.39 bits per heavy atom. The van der Waals surface area contributed by atoms with Crippen molar-refractivity contribution in [3.05, 3.63) is 71.8 Å². The van der Waals surface area contributed by atoms with Crippen LogP contribution in [0.1, 0.15) is 55.6 Å². The van der Waals surface area contributed by atoms with Crippen molar-refractivity contribution in [1.29, 1.82) is 0 Å². The number of amides is 1. The molecule has 6 nitrogen and oxygen atoms in total. The van der Waals surface area contributed by atoms with Crippen LogP contribution in [0.2, 0.25) is 0 Å². The van der Waals surface area contributed by atoms with Crippen LogP contribution >= 0.6 is 0 Å². The Morgan fingerprint density at radius 2 is 1.76 bits per heavy atom. The molecule has 1 aromatic heterocycles. The molecular formula is C26H30FN3O3. The van der Waals surface area contributed by atoms with Gasteiger partial charge in [0.05, 0.1) is 29.7 Å². The van der Waals surface area contributed by atoms with Gasteiger partial charge in [-0.2, -0.15) is 5.10 Å². The molecule has 1 saturated heterocycles. The molecule has 1 amide bonds. The molecule has 0 saturated carbocycles. The maximum Gasteiger partial charge on any atom is 0.257 e. The lowest BCUT2D eigenvalue weighted by Crippen LogP contribution is -2.42. The first kappa shape index (κ1) is 22.8. The van der Waals surface area contributed by atoms with Crippen LogP contribution in [0.5, 0.6) is 11.5 Å². The summed E-state index contributed by atoms with van der Waals surface area (Å²) in [5.41, 5.74) is 2.16. The lowest BCUT2D eigenvalue weighted by molar-refractivity contribution is 0.0588. The predicted molar refractivity (Wildman–Crippen MR) is 125 cm³/mol. The molecule has 0 spiro atoms. The van der Waals surface area contributed by atoms with Crippen LogP contribution in [0, 0.1) is 5.82 Å². The summed E-state index contributed by atoms with van der Waals surface area (Å²) in [5, 5.41) is 4.46. The van der Waals surface area contributed by atoms with Gasteiger partial charge < -0.3 is 14.4 Å². The third-order valence-corrected chi connectivity index (χ3v) is 5.83. The zero-order chi connectivity index (χ0) is 23.4. The minimum absolute atomic E-state index is 0.0276. The second-order valence-corrected chi connectivity index (χ2v) is 8.48. The summed E-state index contributed by atoms with van der Waals surface area (Å²) in [5.74, 6) is 1.23. The number of benzene rings is 2. The Labute approximate surface area is 193 Å². The molecular weight excluding hydrogens is 421 g/mol. The smallest absolute Gasteiger partial charge is 0.257 e. The molecule has 1 aliphatic rings. The Balaban J connectivity index is 1.45. The van der Waals surface area contributed by atoms with Gasteiger partial charge in [0, 0.05) is 25.9 Å². The first-order chi connectivity index (χ1) is 16.0. The highest BCUT2D eigenvalue weighted by Gasteiger charge is 2.29. The highest BCUT2D eigenvalue weighted by molar-refractivity contribution is 5.95. The Bertz CT molecular complexity index is 1090. The number of ether oxygens (including phenoxy) is 2. The van der Waals surface area contributed by atoms with Crippen LogP contribution < -0.4 is 9.47 Å². The average Bonchev–Trinajstić information content (AvgIpc) is 3.27. The van der Waals surface area contributed by atoms with Crippen LogP contribution in [-0.2, 0) is 0 Å². The minimum atomic E-state index is -0.303. The highest BCUT2D eigenvalue weighted by Crippen LogP contribution is 2.30. The first-order valence-corrected chi connectivity index (χ1v) is 11.5. The average molecular weight is 452 g/mol. The number of carbonyl (C=O) groups excluding carboxylic acids is 1. The van der Waals surface area contributed by atoms with Gasteiger partial charge in [-0.15, -0.1) is 0 Å². The third kappa shape index (κ3) is 5.02. The van der Waals surface area contributed by atoms with Crippen molar-refractivity contribution in [3.8, 4) is 17.2 Å². The van der Waals surface area contributed by atoms with Gasteiger partial charge in [0.1, 0.15) is 11.9 Å². The Morgan fingerprint density at radius 1 is 1.09 bits per heavy atom. The van der Waals surface area contributed by atoms with Crippen molar-refractivity contribution >= 4 is 5.91 Å². The zero-order valence-electron chi connectivity index (χ0n) is 19.3. The quantitative estimate of drug-likeness (QED) is 0.494. The fourth-order valence-electron chi connectivity index (χ4n) is 4.22. The third-order valence-electron chi connectivity index (χ3n) is 5.83. The molecule has 4 rings (SSSR count). The van der Waals surface area contributed by atoms with Crippen molar-refractivity contribution in [2.24, 2.45) is 0 Å². The van der Waals surface area contributed by atoms with Crippen LogP contribution in [0.25, 0.3) is 5.69 Å². The van der Waals surface area contributed by atoms with Crippen molar-refractivity contribution in [3.63, 3.8) is 0 Å². The number of carbonyl (C=O) groups is 1. The fourth-order valence-corrected chi connectivity index (χ4v) is 4.22. The van der Waals surface area contributed by atoms with E-state index in [2.05, 4.69) is 5.10 Å². The number of hydrogen-bond donors (Lipinski definition) is 0. The zero-order valence-corrected chi connectivity index (χ0v) is 19.3. The predicted octanol–water partition coefficient (Wildman–Crippen LogP) is 5.22. The van der Waals surface area contributed by atoms with Crippen LogP contribution in [0.3, 0.4) is 0 Å². The van der Waals surface area contributed by atoms with Gasteiger partial charge >= 0.3 is 0 Å². The van der Waals surface area contributed by atoms with E-state index in [-0.39, 0.29) is 23.7 Å². The van der Waals surface area contributed by atoms with E-state index < -0.39 is 0 Å². The molecule has 1 aliphatic heterocycles. The first-order valence-electron chi connectivity index (χ1n) is 11.5. The normalized spacial score (nSPS) is 14.5. The molecule has 2 aromatic carbocycles. The molecule has 2 heterocycles. The van der Waals surface area contributed by atoms with Gasteiger partial charge in [-0.3, -0.25) is 4.79 Å². The fraction of sp³-hybridized carbons (Fsp3) is 0.385. The molecule has 0 N–H and O–H groups in total. The van der Waals surface area contributed by atoms with Crippen molar-refractivity contribution in [1.82, 2.24) is 14.7 Å². The highest BCUT2D eigenvalue weighted by atomic mass is 19.1. The van der Waals surface area contributed by atoms with E-state index in [1.165, 1.54) is 12.1 Å². The van der Waals surface area contributed by atoms with E-state index in [4.69, 9.17) is 9.47 Å². The van der Waals surface area contributed by atoms with Gasteiger partial charge in [-0.25, -0.2) is 9.07 Å². The molecule has 3 aromatic rings. The number of hydrogen-bond acceptors (Lipinski definition) is 4. The second-order valence-electron chi connectivity index (χ2n) is 8.48. The molecule has 0 aliphatic carbocycles. The van der Waals surface area contributed by atoms with E-state index in [0.717, 1.165) is 35.7 Å². The van der Waals surface area contributed by atoms with Gasteiger partial charge in [0.25, 0.3) is 5.91 Å². The number of aromatic nitrogens is 2. The van der Waals surface area contributed by atoms with Gasteiger partial charge in [0.15, 0.2) is 11.5 Å². The number of piperidine rings is 1. The summed E-state index contributed by atoms with van der Waals surface area (Å²) in [6, 6.07) is 13.8. The maximum atomic E-state index is 13.4. The van der Waals surface area contributed by atoms with Gasteiger partial charge in [-0.1, -0.05) is 26.0 Å². The standard InChI is InChI=1S/C26H30FN3O3/c1-4-32-23-7-5-6-8-24(23)33-21-13-15-29(16-14-21)26(31)22-17-28-30(25(22)18(2)3)20-11-9-19(27)10-12-20/h5-12,17-18,21H,4,13-16H2,1-3H3. The Hall–Kier alpha value is -3.35. The SMILES string of the molecule is CCOc1ccccc1OC1CCN(C(=O)c2cnn(-c3ccc(F)cc3)c2C(C)C)CC1. The van der Waals surface area contributed by atoms with Crippen LogP contribution in [-0.4, -0.2) is 46.4 Å². The van der Waals surface area contributed by atoms with Crippen LogP contribution in [0.15, 0.2) is 54.7 Å². The van der Waals surface area contributed by atoms with E-state index in [1.807, 2.05) is 49.9 Å². The molecule has 0 unspecified atom stereocenters. The molecule has 174 valence electrons. The summed E-state index contributed by atoms with van der Waals surface area (Å²) in [7, 11) is 0. The topological polar surface area (TPSA) is 56.6 Å². The number of halogens is 1. The number of likely N-dealkylation sites (tertiary alicyclic amines) is 1. The summed E-state index contributed by atoms with van der Waals surface area (Å²) >= 11 is 0. The monoisotopic (exact) mass is 451 g/mol. The molecule has 1 fully saturated rings. The van der Waals surface area contributed by atoms with Crippen molar-refractivity contribution in [2.45, 2.75) is 45.6 Å². The summed E-state index contributed by atoms with van der Waals surface area (Å²) in [6.45, 7) is 7.81. The summed E-state index contributed by atoms with van der Waals surface area (Å²) in [4.78, 5) is 15.2. The molecule has 7 heteroatoms. The Kier molecular flexibility index (Phi) is 6.96. The maximum absolute atomic E-state index is 13.4. The van der Waals surface area contributed by atoms with Crippen molar-refractivity contribution < 1.29 is 18.7 Å². The van der Waals surface area contributed by atoms with Crippen molar-refractivity contribution in [2.75, 3.05) is 19.7 Å². The largest absolute Gasteiger partial charge is 0.490 e. The molecule has 0 bridgehead atoms. The summed E-state index contributed by atoms with van der Waals surface area (Å²) < 4.78 is 26.9. The van der Waals surface area contributed by atoms with E-state index in [1.54, 1.807) is 23.0 Å². The number of para-hydroxylation sites is 2. The van der Waals surface area contributed by atoms with E-state index in [9.17, 15) is 9.18 Å². The lowest BCUT2D eigenvalue weighted by atomic mass is 10.0. The second kappa shape index (κ2) is 10.1. The number of rotatable bonds is 7. The minimum Gasteiger partial charge on any atom is -0.490 e. The van der Waals surface area contributed by atoms with Gasteiger partial charge in [0.2, 0.25) is 0 Å². The van der Waals surface area contributed by atoms with E-state index in [0.29, 0.717) is 25.3 Å². The van der Waals surface area contributed by atoms with E-state index >= 15 is 0 Å². The number of nitrogens with zero attached hydrogens (tertiary/aromatic N) is 3.